The third-order valence-electron chi connectivity index (χ3n) is 5.71. The van der Waals surface area contributed by atoms with E-state index in [1.165, 1.54) is 24.5 Å². The second kappa shape index (κ2) is 7.72. The predicted molar refractivity (Wildman–Crippen MR) is 106 cm³/mol. The van der Waals surface area contributed by atoms with Gasteiger partial charge in [0.1, 0.15) is 5.69 Å². The fourth-order valence-corrected chi connectivity index (χ4v) is 3.63. The first-order valence-corrected chi connectivity index (χ1v) is 9.75. The Morgan fingerprint density at radius 2 is 1.81 bits per heavy atom. The van der Waals surface area contributed by atoms with Crippen LogP contribution < -0.4 is 5.56 Å². The van der Waals surface area contributed by atoms with Crippen molar-refractivity contribution in [2.24, 2.45) is 5.41 Å². The summed E-state index contributed by atoms with van der Waals surface area (Å²) in [5.74, 6) is -0.371. The number of rotatable bonds is 6. The molecular weight excluding hydrogens is 409 g/mol. The number of hydrogen-bond donors (Lipinski definition) is 1. The summed E-state index contributed by atoms with van der Waals surface area (Å²) in [5, 5.41) is 0. The van der Waals surface area contributed by atoms with Gasteiger partial charge < -0.3 is 4.98 Å². The maximum absolute atomic E-state index is 13.0. The van der Waals surface area contributed by atoms with E-state index < -0.39 is 17.3 Å². The minimum Gasteiger partial charge on any atom is -0.304 e. The zero-order valence-electron chi connectivity index (χ0n) is 16.6. The molecule has 4 rings (SSSR count). The Labute approximate surface area is 175 Å². The standard InChI is InChI=1S/C22H19F3N4O2/c1-21(7-8-21)15(13-3-5-14(6-4-13)22(23,24)25)11-17(30)16-12-18(31)29-20(28-16)19-26-9-2-10-27-19/h2-6,9-10,12,15H,7-8,11H2,1H3,(H,28,29,31)/t15-/m0/s1. The molecule has 1 atom stereocenters. The maximum atomic E-state index is 13.0. The molecule has 0 amide bonds. The number of hydrogen-bond acceptors (Lipinski definition) is 5. The van der Waals surface area contributed by atoms with Gasteiger partial charge in [0.25, 0.3) is 5.56 Å². The van der Waals surface area contributed by atoms with Gasteiger partial charge in [0.2, 0.25) is 0 Å². The molecule has 0 radical (unpaired) electrons. The molecule has 1 fully saturated rings. The highest BCUT2D eigenvalue weighted by molar-refractivity contribution is 5.95. The van der Waals surface area contributed by atoms with E-state index in [0.29, 0.717) is 5.56 Å². The van der Waals surface area contributed by atoms with E-state index in [4.69, 9.17) is 0 Å². The fraction of sp³-hybridized carbons (Fsp3) is 0.318. The summed E-state index contributed by atoms with van der Waals surface area (Å²) in [5.41, 5.74) is -0.775. The Morgan fingerprint density at radius 1 is 1.16 bits per heavy atom. The molecule has 1 aliphatic rings. The molecule has 3 aromatic rings. The normalized spacial score (nSPS) is 16.0. The SMILES string of the molecule is CC1([C@@H](CC(=O)c2cc(=O)[nH]c(-c3ncccn3)n2)c2ccc(C(F)(F)F)cc2)CC1. The lowest BCUT2D eigenvalue weighted by atomic mass is 9.80. The molecule has 0 unspecified atom stereocenters. The molecule has 0 bridgehead atoms. The van der Waals surface area contributed by atoms with Gasteiger partial charge in [-0.05, 0) is 47.9 Å². The first kappa shape index (κ1) is 20.9. The van der Waals surface area contributed by atoms with E-state index in [9.17, 15) is 22.8 Å². The number of nitrogens with one attached hydrogen (secondary N) is 1. The highest BCUT2D eigenvalue weighted by Crippen LogP contribution is 2.57. The van der Waals surface area contributed by atoms with Gasteiger partial charge in [-0.25, -0.2) is 15.0 Å². The molecule has 31 heavy (non-hydrogen) atoms. The summed E-state index contributed by atoms with van der Waals surface area (Å²) >= 11 is 0. The van der Waals surface area contributed by atoms with E-state index in [1.807, 2.05) is 6.92 Å². The Hall–Kier alpha value is -3.36. The average molecular weight is 428 g/mol. The molecule has 2 heterocycles. The zero-order chi connectivity index (χ0) is 22.2. The van der Waals surface area contributed by atoms with Gasteiger partial charge in [0, 0.05) is 24.9 Å². The molecule has 9 heteroatoms. The number of ketones is 1. The minimum absolute atomic E-state index is 0.0210. The number of Topliss-reactive ketones (excluding diaryl/α,β-unsaturated/α-hetero) is 1. The number of carbonyl (C=O) groups excluding carboxylic acids is 1. The molecule has 160 valence electrons. The van der Waals surface area contributed by atoms with Crippen LogP contribution in [0.3, 0.4) is 0 Å². The van der Waals surface area contributed by atoms with Crippen molar-refractivity contribution in [3.05, 3.63) is 76.0 Å². The first-order valence-electron chi connectivity index (χ1n) is 9.75. The quantitative estimate of drug-likeness (QED) is 0.588. The second-order valence-electron chi connectivity index (χ2n) is 8.01. The smallest absolute Gasteiger partial charge is 0.304 e. The van der Waals surface area contributed by atoms with Crippen LogP contribution in [0, 0.1) is 5.41 Å². The van der Waals surface area contributed by atoms with Crippen LogP contribution in [0.15, 0.2) is 53.6 Å². The van der Waals surface area contributed by atoms with Crippen LogP contribution in [0.25, 0.3) is 11.6 Å². The molecule has 2 aromatic heterocycles. The molecule has 0 aliphatic heterocycles. The van der Waals surface area contributed by atoms with Crippen LogP contribution in [-0.4, -0.2) is 25.7 Å². The third-order valence-corrected chi connectivity index (χ3v) is 5.71. The van der Waals surface area contributed by atoms with Gasteiger partial charge in [0.05, 0.1) is 5.56 Å². The predicted octanol–water partition coefficient (Wildman–Crippen LogP) is 4.40. The Balaban J connectivity index is 1.62. The summed E-state index contributed by atoms with van der Waals surface area (Å²) in [6.45, 7) is 2.01. The molecule has 1 aliphatic carbocycles. The Kier molecular flexibility index (Phi) is 5.20. The van der Waals surface area contributed by atoms with Crippen molar-refractivity contribution in [3.8, 4) is 11.6 Å². The molecular formula is C22H19F3N4O2. The van der Waals surface area contributed by atoms with Gasteiger partial charge in [0.15, 0.2) is 17.4 Å². The van der Waals surface area contributed by atoms with Crippen molar-refractivity contribution in [1.82, 2.24) is 19.9 Å². The summed E-state index contributed by atoms with van der Waals surface area (Å²) < 4.78 is 38.7. The summed E-state index contributed by atoms with van der Waals surface area (Å²) in [6.07, 6.45) is 0.345. The van der Waals surface area contributed by atoms with E-state index in [0.717, 1.165) is 31.0 Å². The van der Waals surface area contributed by atoms with E-state index >= 15 is 0 Å². The highest BCUT2D eigenvalue weighted by atomic mass is 19.4. The summed E-state index contributed by atoms with van der Waals surface area (Å²) in [7, 11) is 0. The van der Waals surface area contributed by atoms with Crippen molar-refractivity contribution < 1.29 is 18.0 Å². The van der Waals surface area contributed by atoms with E-state index in [-0.39, 0.29) is 40.9 Å². The first-order chi connectivity index (χ1) is 14.7. The largest absolute Gasteiger partial charge is 0.416 e. The zero-order valence-corrected chi connectivity index (χ0v) is 16.6. The number of benzene rings is 1. The van der Waals surface area contributed by atoms with Crippen LogP contribution in [0.2, 0.25) is 0 Å². The summed E-state index contributed by atoms with van der Waals surface area (Å²) in [6, 6.07) is 7.66. The Morgan fingerprint density at radius 3 is 2.39 bits per heavy atom. The topological polar surface area (TPSA) is 88.6 Å². The van der Waals surface area contributed by atoms with Gasteiger partial charge in [-0.1, -0.05) is 19.1 Å². The number of aromatic amines is 1. The molecule has 0 spiro atoms. The third kappa shape index (κ3) is 4.55. The highest BCUT2D eigenvalue weighted by Gasteiger charge is 2.46. The van der Waals surface area contributed by atoms with Gasteiger partial charge in [-0.15, -0.1) is 0 Å². The maximum Gasteiger partial charge on any atom is 0.416 e. The molecule has 0 saturated heterocycles. The van der Waals surface area contributed by atoms with Crippen molar-refractivity contribution in [3.63, 3.8) is 0 Å². The average Bonchev–Trinajstić information content (AvgIpc) is 3.49. The fourth-order valence-electron chi connectivity index (χ4n) is 3.63. The lowest BCUT2D eigenvalue weighted by molar-refractivity contribution is -0.137. The Bertz CT molecular complexity index is 1150. The van der Waals surface area contributed by atoms with Crippen molar-refractivity contribution in [2.45, 2.75) is 38.3 Å². The minimum atomic E-state index is -4.42. The van der Waals surface area contributed by atoms with Gasteiger partial charge in [-0.2, -0.15) is 13.2 Å². The van der Waals surface area contributed by atoms with Crippen molar-refractivity contribution >= 4 is 5.78 Å². The number of alkyl halides is 3. The monoisotopic (exact) mass is 428 g/mol. The molecule has 1 saturated carbocycles. The van der Waals surface area contributed by atoms with Crippen LogP contribution in [0.4, 0.5) is 13.2 Å². The van der Waals surface area contributed by atoms with Crippen molar-refractivity contribution in [2.75, 3.05) is 0 Å². The van der Waals surface area contributed by atoms with Crippen molar-refractivity contribution in [1.29, 1.82) is 0 Å². The molecule has 1 N–H and O–H groups in total. The number of H-pyrrole nitrogens is 1. The van der Waals surface area contributed by atoms with Crippen LogP contribution >= 0.6 is 0 Å². The van der Waals surface area contributed by atoms with Crippen LogP contribution in [-0.2, 0) is 6.18 Å². The van der Waals surface area contributed by atoms with Gasteiger partial charge in [-0.3, -0.25) is 9.59 Å². The number of carbonyl (C=O) groups is 1. The van der Waals surface area contributed by atoms with E-state index in [2.05, 4.69) is 19.9 Å². The number of nitrogens with zero attached hydrogens (tertiary/aromatic N) is 3. The number of aromatic nitrogens is 4. The van der Waals surface area contributed by atoms with E-state index in [1.54, 1.807) is 6.07 Å². The molecule has 1 aromatic carbocycles. The molecule has 6 nitrogen and oxygen atoms in total. The van der Waals surface area contributed by atoms with Crippen LogP contribution in [0.1, 0.15) is 53.7 Å². The number of halogens is 3. The lowest BCUT2D eigenvalue weighted by Gasteiger charge is -2.24. The van der Waals surface area contributed by atoms with Crippen LogP contribution in [0.5, 0.6) is 0 Å². The second-order valence-corrected chi connectivity index (χ2v) is 8.01. The van der Waals surface area contributed by atoms with Gasteiger partial charge >= 0.3 is 6.18 Å². The summed E-state index contributed by atoms with van der Waals surface area (Å²) in [4.78, 5) is 39.9. The lowest BCUT2D eigenvalue weighted by Crippen LogP contribution is -2.19.